The quantitative estimate of drug-likeness (QED) is 0.170. The van der Waals surface area contributed by atoms with E-state index in [1.165, 1.54) is 6.07 Å². The van der Waals surface area contributed by atoms with Crippen LogP contribution in [0.4, 0.5) is 22.0 Å². The average molecular weight is 346 g/mol. The van der Waals surface area contributed by atoms with E-state index in [0.717, 1.165) is 18.2 Å². The van der Waals surface area contributed by atoms with Crippen LogP contribution in [0, 0.1) is 29.1 Å². The maximum atomic E-state index is 13.3. The number of benzene rings is 2. The van der Waals surface area contributed by atoms with Gasteiger partial charge in [-0.1, -0.05) is 6.07 Å². The van der Waals surface area contributed by atoms with Crippen molar-refractivity contribution in [1.29, 1.82) is 0 Å². The summed E-state index contributed by atoms with van der Waals surface area (Å²) in [7, 11) is 0. The highest BCUT2D eigenvalue weighted by Crippen LogP contribution is 2.29. The number of aromatic hydroxyl groups is 2. The van der Waals surface area contributed by atoms with Gasteiger partial charge >= 0.3 is 5.97 Å². The fourth-order valence-corrected chi connectivity index (χ4v) is 1.62. The summed E-state index contributed by atoms with van der Waals surface area (Å²) in [6.45, 7) is 0. The summed E-state index contributed by atoms with van der Waals surface area (Å²) < 4.78 is 69.6. The molecule has 2 aromatic carbocycles. The Labute approximate surface area is 131 Å². The molecule has 0 atom stereocenters. The Kier molecular flexibility index (Phi) is 4.72. The van der Waals surface area contributed by atoms with E-state index in [1.807, 2.05) is 0 Å². The van der Waals surface area contributed by atoms with Crippen LogP contribution in [0.3, 0.4) is 0 Å². The summed E-state index contributed by atoms with van der Waals surface area (Å²) in [6.07, 6.45) is 1.65. The molecule has 2 N–H and O–H groups in total. The van der Waals surface area contributed by atoms with Crippen LogP contribution in [0.25, 0.3) is 6.08 Å². The first-order valence-electron chi connectivity index (χ1n) is 6.15. The molecule has 2 aromatic rings. The van der Waals surface area contributed by atoms with Crippen molar-refractivity contribution in [3.8, 4) is 17.2 Å². The zero-order valence-corrected chi connectivity index (χ0v) is 11.5. The Hall–Kier alpha value is -3.10. The summed E-state index contributed by atoms with van der Waals surface area (Å²) in [5.41, 5.74) is 0.194. The first-order chi connectivity index (χ1) is 11.2. The van der Waals surface area contributed by atoms with Gasteiger partial charge in [-0.15, -0.1) is 0 Å². The highest BCUT2D eigenvalue weighted by atomic mass is 19.2. The van der Waals surface area contributed by atoms with Crippen LogP contribution in [0.5, 0.6) is 17.2 Å². The second-order valence-electron chi connectivity index (χ2n) is 4.40. The van der Waals surface area contributed by atoms with Crippen LogP contribution in [0.1, 0.15) is 5.56 Å². The number of hydrogen-bond donors (Lipinski definition) is 2. The van der Waals surface area contributed by atoms with Crippen molar-refractivity contribution >= 4 is 12.0 Å². The smallest absolute Gasteiger partial charge is 0.336 e. The average Bonchev–Trinajstić information content (AvgIpc) is 2.56. The number of carbonyl (C=O) groups excluding carboxylic acids is 1. The summed E-state index contributed by atoms with van der Waals surface area (Å²) in [6, 6.07) is 3.43. The molecule has 0 aliphatic heterocycles. The molecule has 0 aromatic heterocycles. The fourth-order valence-electron chi connectivity index (χ4n) is 1.62. The monoisotopic (exact) mass is 346 g/mol. The van der Waals surface area contributed by atoms with Crippen LogP contribution in [0.15, 0.2) is 24.3 Å². The predicted octanol–water partition coefficient (Wildman–Crippen LogP) is 3.41. The van der Waals surface area contributed by atoms with E-state index in [4.69, 9.17) is 5.11 Å². The van der Waals surface area contributed by atoms with Gasteiger partial charge in [-0.3, -0.25) is 0 Å². The Bertz CT molecular complexity index is 819. The lowest BCUT2D eigenvalue weighted by Crippen LogP contribution is -2.11. The zero-order valence-electron chi connectivity index (χ0n) is 11.5. The van der Waals surface area contributed by atoms with Gasteiger partial charge in [0.25, 0.3) is 0 Å². The van der Waals surface area contributed by atoms with Crippen LogP contribution < -0.4 is 4.74 Å². The van der Waals surface area contributed by atoms with Gasteiger partial charge in [0.1, 0.15) is 0 Å². The highest BCUT2D eigenvalue weighted by molar-refractivity contribution is 5.88. The van der Waals surface area contributed by atoms with Crippen molar-refractivity contribution in [1.82, 2.24) is 0 Å². The van der Waals surface area contributed by atoms with Gasteiger partial charge in [0.15, 0.2) is 11.5 Å². The molecule has 24 heavy (non-hydrogen) atoms. The summed E-state index contributed by atoms with van der Waals surface area (Å²) >= 11 is 0. The van der Waals surface area contributed by atoms with Crippen molar-refractivity contribution < 1.29 is 41.7 Å². The third kappa shape index (κ3) is 3.29. The van der Waals surface area contributed by atoms with Crippen molar-refractivity contribution in [3.63, 3.8) is 0 Å². The lowest BCUT2D eigenvalue weighted by molar-refractivity contribution is -0.129. The largest absolute Gasteiger partial charge is 0.504 e. The molecule has 0 aliphatic carbocycles. The van der Waals surface area contributed by atoms with E-state index in [-0.39, 0.29) is 5.56 Å². The standard InChI is InChI=1S/C15H7F5O4/c16-10-11(17)13(19)15(14(20)12(10)18)24-9(23)4-2-6-1-3-7(21)8(22)5-6/h1-5,21-22H/b4-2+. The SMILES string of the molecule is O=C(/C=C/c1ccc(O)c(O)c1)Oc1c(F)c(F)c(F)c(F)c1F. The van der Waals surface area contributed by atoms with E-state index in [0.29, 0.717) is 6.08 Å². The number of halogens is 5. The molecule has 2 rings (SSSR count). The fraction of sp³-hybridized carbons (Fsp3) is 0. The first kappa shape index (κ1) is 17.3. The highest BCUT2D eigenvalue weighted by Gasteiger charge is 2.28. The Balaban J connectivity index is 2.24. The molecule has 0 fully saturated rings. The summed E-state index contributed by atoms with van der Waals surface area (Å²) in [5.74, 6) is -15.5. The van der Waals surface area contributed by atoms with Gasteiger partial charge in [0.2, 0.25) is 34.8 Å². The van der Waals surface area contributed by atoms with Crippen LogP contribution in [-0.2, 0) is 4.79 Å². The molecule has 126 valence electrons. The Morgan fingerprint density at radius 1 is 0.875 bits per heavy atom. The molecule has 0 unspecified atom stereocenters. The van der Waals surface area contributed by atoms with Gasteiger partial charge in [0.05, 0.1) is 0 Å². The van der Waals surface area contributed by atoms with E-state index < -0.39 is 52.3 Å². The molecule has 9 heteroatoms. The van der Waals surface area contributed by atoms with Gasteiger partial charge in [-0.05, 0) is 23.8 Å². The minimum absolute atomic E-state index is 0.194. The van der Waals surface area contributed by atoms with Crippen LogP contribution in [-0.4, -0.2) is 16.2 Å². The number of rotatable bonds is 3. The molecular weight excluding hydrogens is 339 g/mol. The topological polar surface area (TPSA) is 66.8 Å². The van der Waals surface area contributed by atoms with E-state index in [1.54, 1.807) is 0 Å². The second kappa shape index (κ2) is 6.57. The van der Waals surface area contributed by atoms with Crippen molar-refractivity contribution in [2.45, 2.75) is 0 Å². The third-order valence-corrected chi connectivity index (χ3v) is 2.78. The Morgan fingerprint density at radius 2 is 1.42 bits per heavy atom. The molecule has 0 spiro atoms. The van der Waals surface area contributed by atoms with E-state index in [2.05, 4.69) is 4.74 Å². The molecule has 0 radical (unpaired) electrons. The molecule has 0 amide bonds. The van der Waals surface area contributed by atoms with Crippen LogP contribution >= 0.6 is 0 Å². The third-order valence-electron chi connectivity index (χ3n) is 2.78. The molecule has 0 aliphatic rings. The van der Waals surface area contributed by atoms with E-state index >= 15 is 0 Å². The predicted molar refractivity (Wildman–Crippen MR) is 70.7 cm³/mol. The van der Waals surface area contributed by atoms with E-state index in [9.17, 15) is 31.9 Å². The Morgan fingerprint density at radius 3 is 1.96 bits per heavy atom. The van der Waals surface area contributed by atoms with Crippen molar-refractivity contribution in [2.24, 2.45) is 0 Å². The summed E-state index contributed by atoms with van der Waals surface area (Å²) in [5, 5.41) is 18.3. The second-order valence-corrected chi connectivity index (χ2v) is 4.40. The van der Waals surface area contributed by atoms with Crippen LogP contribution in [0.2, 0.25) is 0 Å². The maximum absolute atomic E-state index is 13.3. The van der Waals surface area contributed by atoms with Crippen molar-refractivity contribution in [3.05, 3.63) is 58.9 Å². The van der Waals surface area contributed by atoms with Gasteiger partial charge in [-0.25, -0.2) is 18.0 Å². The lowest BCUT2D eigenvalue weighted by atomic mass is 10.2. The molecular formula is C15H7F5O4. The normalized spacial score (nSPS) is 11.0. The van der Waals surface area contributed by atoms with Gasteiger partial charge < -0.3 is 14.9 Å². The number of ether oxygens (including phenoxy) is 1. The molecule has 0 saturated carbocycles. The number of phenolic OH excluding ortho intramolecular Hbond substituents is 2. The lowest BCUT2D eigenvalue weighted by Gasteiger charge is -2.07. The molecule has 0 saturated heterocycles. The zero-order chi connectivity index (χ0) is 18.0. The number of esters is 1. The number of carbonyl (C=O) groups is 1. The number of phenols is 2. The minimum atomic E-state index is -2.38. The minimum Gasteiger partial charge on any atom is -0.504 e. The van der Waals surface area contributed by atoms with Gasteiger partial charge in [-0.2, -0.15) is 8.78 Å². The summed E-state index contributed by atoms with van der Waals surface area (Å²) in [4.78, 5) is 11.5. The molecule has 0 heterocycles. The first-order valence-corrected chi connectivity index (χ1v) is 6.15. The maximum Gasteiger partial charge on any atom is 0.336 e. The van der Waals surface area contributed by atoms with Gasteiger partial charge in [0, 0.05) is 6.08 Å². The number of hydrogen-bond acceptors (Lipinski definition) is 4. The molecule has 4 nitrogen and oxygen atoms in total. The molecule has 0 bridgehead atoms. The van der Waals surface area contributed by atoms with Crippen molar-refractivity contribution in [2.75, 3.05) is 0 Å².